The Balaban J connectivity index is 1.87. The molecule has 0 spiro atoms. The summed E-state index contributed by atoms with van der Waals surface area (Å²) in [4.78, 5) is 12.4. The number of nitrogens with two attached hydrogens (primary N) is 1. The maximum absolute atomic E-state index is 13.8. The Morgan fingerprint density at radius 2 is 1.91 bits per heavy atom. The molecule has 2 aromatic rings. The first kappa shape index (κ1) is 26.2. The van der Waals surface area contributed by atoms with Gasteiger partial charge in [0.15, 0.2) is 11.4 Å². The lowest BCUT2D eigenvalue weighted by molar-refractivity contribution is -0.155. The minimum absolute atomic E-state index is 0.0586. The van der Waals surface area contributed by atoms with Crippen LogP contribution >= 0.6 is 23.8 Å². The maximum atomic E-state index is 13.8. The van der Waals surface area contributed by atoms with Crippen molar-refractivity contribution >= 4 is 46.3 Å². The van der Waals surface area contributed by atoms with Crippen LogP contribution in [0, 0.1) is 11.2 Å². The normalized spacial score (nSPS) is 16.1. The van der Waals surface area contributed by atoms with Crippen LogP contribution < -0.4 is 16.4 Å². The number of hydrogen-bond donors (Lipinski definition) is 3. The Kier molecular flexibility index (Phi) is 8.02. The maximum Gasteiger partial charge on any atom is 0.311 e. The van der Waals surface area contributed by atoms with Gasteiger partial charge in [0.2, 0.25) is 0 Å². The summed E-state index contributed by atoms with van der Waals surface area (Å²) in [6, 6.07) is 9.65. The third-order valence-corrected chi connectivity index (χ3v) is 5.79. The van der Waals surface area contributed by atoms with Crippen LogP contribution in [0.15, 0.2) is 36.4 Å². The lowest BCUT2D eigenvalue weighted by Crippen LogP contribution is -2.49. The number of para-hydroxylation sites is 1. The van der Waals surface area contributed by atoms with E-state index in [1.54, 1.807) is 45.9 Å². The number of halogens is 2. The Bertz CT molecular complexity index is 1070. The number of carbonyl (C=O) groups is 1. The monoisotopic (exact) mass is 509 g/mol. The number of thiocarbonyl (C=S) groups is 1. The molecule has 1 unspecified atom stereocenters. The molecule has 10 heteroatoms. The van der Waals surface area contributed by atoms with Gasteiger partial charge in [-0.15, -0.1) is 0 Å². The summed E-state index contributed by atoms with van der Waals surface area (Å²) in [5, 5.41) is 6.44. The highest BCUT2D eigenvalue weighted by Crippen LogP contribution is 2.34. The summed E-state index contributed by atoms with van der Waals surface area (Å²) in [6.07, 6.45) is -0.566. The molecule has 34 heavy (non-hydrogen) atoms. The largest absolute Gasteiger partial charge is 0.462 e. The third kappa shape index (κ3) is 6.15. The molecule has 7 nitrogen and oxygen atoms in total. The molecule has 1 aliphatic rings. The molecule has 184 valence electrons. The molecular formula is C24H29ClFN3O4S. The van der Waals surface area contributed by atoms with E-state index in [4.69, 9.17) is 43.8 Å². The second-order valence-electron chi connectivity index (χ2n) is 9.25. The van der Waals surface area contributed by atoms with Gasteiger partial charge in [-0.2, -0.15) is 0 Å². The number of esters is 1. The number of nitrogens with one attached hydrogen (secondary N) is 2. The molecule has 3 rings (SSSR count). The molecule has 4 N–H and O–H groups in total. The fourth-order valence-electron chi connectivity index (χ4n) is 3.32. The van der Waals surface area contributed by atoms with Crippen LogP contribution in [0.3, 0.4) is 0 Å². The van der Waals surface area contributed by atoms with Gasteiger partial charge in [-0.05, 0) is 63.7 Å². The van der Waals surface area contributed by atoms with Gasteiger partial charge in [-0.1, -0.05) is 29.8 Å². The first-order valence-electron chi connectivity index (χ1n) is 10.7. The van der Waals surface area contributed by atoms with Crippen LogP contribution in [0.1, 0.15) is 45.1 Å². The van der Waals surface area contributed by atoms with Crippen molar-refractivity contribution in [3.63, 3.8) is 0 Å². The topological polar surface area (TPSA) is 94.8 Å². The van der Waals surface area contributed by atoms with Gasteiger partial charge < -0.3 is 30.6 Å². The van der Waals surface area contributed by atoms with Gasteiger partial charge in [-0.25, -0.2) is 4.39 Å². The Morgan fingerprint density at radius 1 is 1.24 bits per heavy atom. The van der Waals surface area contributed by atoms with Gasteiger partial charge in [0.05, 0.1) is 40.6 Å². The molecule has 0 bridgehead atoms. The van der Waals surface area contributed by atoms with Crippen LogP contribution in [0.25, 0.3) is 0 Å². The molecule has 0 radical (unpaired) electrons. The summed E-state index contributed by atoms with van der Waals surface area (Å²) in [7, 11) is 0. The molecule has 1 atom stereocenters. The number of anilines is 2. The summed E-state index contributed by atoms with van der Waals surface area (Å²) < 4.78 is 30.7. The minimum atomic E-state index is -1.04. The van der Waals surface area contributed by atoms with E-state index in [9.17, 15) is 9.18 Å². The van der Waals surface area contributed by atoms with Crippen molar-refractivity contribution < 1.29 is 23.4 Å². The van der Waals surface area contributed by atoms with Crippen LogP contribution in [-0.2, 0) is 24.5 Å². The van der Waals surface area contributed by atoms with Crippen molar-refractivity contribution in [2.45, 2.75) is 39.5 Å². The van der Waals surface area contributed by atoms with Crippen LogP contribution in [0.5, 0.6) is 0 Å². The highest BCUT2D eigenvalue weighted by Gasteiger charge is 2.33. The van der Waals surface area contributed by atoms with E-state index in [0.717, 1.165) is 0 Å². The van der Waals surface area contributed by atoms with Gasteiger partial charge in [0.1, 0.15) is 12.4 Å². The number of rotatable bonds is 6. The Hall–Kier alpha value is -2.46. The van der Waals surface area contributed by atoms with Gasteiger partial charge in [0.25, 0.3) is 0 Å². The van der Waals surface area contributed by atoms with E-state index in [0.29, 0.717) is 35.7 Å². The number of benzene rings is 2. The quantitative estimate of drug-likeness (QED) is 0.287. The van der Waals surface area contributed by atoms with Crippen LogP contribution in [-0.4, -0.2) is 30.9 Å². The average molecular weight is 510 g/mol. The lowest BCUT2D eigenvalue weighted by Gasteiger charge is -2.33. The van der Waals surface area contributed by atoms with E-state index >= 15 is 0 Å². The van der Waals surface area contributed by atoms with E-state index in [1.165, 1.54) is 12.1 Å². The van der Waals surface area contributed by atoms with Gasteiger partial charge in [0, 0.05) is 5.56 Å². The molecule has 1 saturated heterocycles. The van der Waals surface area contributed by atoms with E-state index in [2.05, 4.69) is 10.6 Å². The minimum Gasteiger partial charge on any atom is -0.462 e. The molecular weight excluding hydrogens is 481 g/mol. The summed E-state index contributed by atoms with van der Waals surface area (Å²) in [5.41, 5.74) is 6.74. The third-order valence-electron chi connectivity index (χ3n) is 5.29. The van der Waals surface area contributed by atoms with E-state index in [1.807, 2.05) is 6.07 Å². The number of hydrogen-bond acceptors (Lipinski definition) is 6. The van der Waals surface area contributed by atoms with E-state index in [-0.39, 0.29) is 16.7 Å². The molecule has 1 aliphatic heterocycles. The zero-order chi connectivity index (χ0) is 25.1. The molecule has 0 aliphatic carbocycles. The second kappa shape index (κ2) is 10.4. The number of ether oxygens (including phenoxy) is 3. The summed E-state index contributed by atoms with van der Waals surface area (Å²) >= 11 is 11.6. The predicted molar refractivity (Wildman–Crippen MR) is 134 cm³/mol. The highest BCUT2D eigenvalue weighted by molar-refractivity contribution is 7.80. The highest BCUT2D eigenvalue weighted by atomic mass is 35.5. The Morgan fingerprint density at radius 3 is 2.53 bits per heavy atom. The van der Waals surface area contributed by atoms with Gasteiger partial charge >= 0.3 is 5.97 Å². The first-order valence-corrected chi connectivity index (χ1v) is 11.5. The van der Waals surface area contributed by atoms with Crippen molar-refractivity contribution in [1.82, 2.24) is 5.32 Å². The second-order valence-corrected chi connectivity index (χ2v) is 10.1. The summed E-state index contributed by atoms with van der Waals surface area (Å²) in [6.45, 7) is 7.92. The average Bonchev–Trinajstić information content (AvgIpc) is 3.29. The lowest BCUT2D eigenvalue weighted by atomic mass is 9.92. The van der Waals surface area contributed by atoms with Crippen molar-refractivity contribution in [1.29, 1.82) is 0 Å². The van der Waals surface area contributed by atoms with Crippen molar-refractivity contribution in [2.24, 2.45) is 5.41 Å². The van der Waals surface area contributed by atoms with Crippen LogP contribution in [0.4, 0.5) is 15.8 Å². The smallest absolute Gasteiger partial charge is 0.311 e. The van der Waals surface area contributed by atoms with Crippen LogP contribution in [0.2, 0.25) is 5.02 Å². The Labute approximate surface area is 209 Å². The number of carbonyl (C=O) groups excluding carboxylic acids is 1. The van der Waals surface area contributed by atoms with E-state index < -0.39 is 29.0 Å². The zero-order valence-electron chi connectivity index (χ0n) is 19.5. The molecule has 1 fully saturated rings. The molecule has 1 heterocycles. The molecule has 2 aromatic carbocycles. The molecule has 0 aromatic heterocycles. The standard InChI is InChI=1S/C24H29ClFN3O4S/c1-23(2,3)21(30)33-13-24(4,14-8-9-17(26)16(25)12-14)29-22(34)28-19-15(6-5-7-18(19)27)20-31-10-11-32-20/h5-9,12,20H,10-11,13,27H2,1-4H3,(H2,28,29,34). The number of nitrogen functional groups attached to an aromatic ring is 1. The SMILES string of the molecule is CC(C)(C)C(=O)OCC(C)(NC(=S)Nc1c(N)cccc1C1OCCO1)c1ccc(F)c(Cl)c1. The predicted octanol–water partition coefficient (Wildman–Crippen LogP) is 4.90. The fourth-order valence-corrected chi connectivity index (χ4v) is 3.83. The fraction of sp³-hybridized carbons (Fsp3) is 0.417. The van der Waals surface area contributed by atoms with Crippen molar-refractivity contribution in [2.75, 3.05) is 30.9 Å². The molecule has 0 amide bonds. The van der Waals surface area contributed by atoms with Gasteiger partial charge in [-0.3, -0.25) is 4.79 Å². The molecule has 0 saturated carbocycles. The first-order chi connectivity index (χ1) is 15.9. The van der Waals surface area contributed by atoms with Crippen molar-refractivity contribution in [3.05, 3.63) is 58.4 Å². The van der Waals surface area contributed by atoms with Crippen molar-refractivity contribution in [3.8, 4) is 0 Å². The summed E-state index contributed by atoms with van der Waals surface area (Å²) in [5.74, 6) is -0.948. The zero-order valence-corrected chi connectivity index (χ0v) is 21.1.